The minimum Gasteiger partial charge on any atom is -0.497 e. The van der Waals surface area contributed by atoms with E-state index < -0.39 is 0 Å². The third-order valence-electron chi connectivity index (χ3n) is 1.62. The normalized spacial score (nSPS) is 9.92. The minimum absolute atomic E-state index is 0.204. The van der Waals surface area contributed by atoms with Crippen LogP contribution in [0.15, 0.2) is 18.2 Å². The Balaban J connectivity index is 2.91. The van der Waals surface area contributed by atoms with Gasteiger partial charge in [0, 0.05) is 12.1 Å². The number of halogens is 1. The van der Waals surface area contributed by atoms with Crippen molar-refractivity contribution in [2.24, 2.45) is 0 Å². The average molecular weight is 169 g/mol. The SMILES string of the molecule is CNCc1cc(OC)ccc1F. The van der Waals surface area contributed by atoms with Gasteiger partial charge in [0.05, 0.1) is 7.11 Å². The van der Waals surface area contributed by atoms with Crippen LogP contribution < -0.4 is 10.1 Å². The fourth-order valence-corrected chi connectivity index (χ4v) is 1.00. The molecule has 0 spiro atoms. The van der Waals surface area contributed by atoms with Crippen molar-refractivity contribution in [3.63, 3.8) is 0 Å². The Morgan fingerprint density at radius 1 is 1.50 bits per heavy atom. The van der Waals surface area contributed by atoms with Gasteiger partial charge in [-0.15, -0.1) is 0 Å². The molecule has 0 aliphatic carbocycles. The predicted molar refractivity (Wildman–Crippen MR) is 45.7 cm³/mol. The lowest BCUT2D eigenvalue weighted by molar-refractivity contribution is 0.412. The van der Waals surface area contributed by atoms with Crippen molar-refractivity contribution in [3.8, 4) is 5.75 Å². The number of ether oxygens (including phenoxy) is 1. The van der Waals surface area contributed by atoms with Crippen molar-refractivity contribution in [2.45, 2.75) is 6.54 Å². The van der Waals surface area contributed by atoms with Crippen molar-refractivity contribution in [2.75, 3.05) is 14.2 Å². The molecule has 0 aliphatic heterocycles. The monoisotopic (exact) mass is 169 g/mol. The van der Waals surface area contributed by atoms with E-state index in [1.54, 1.807) is 26.3 Å². The van der Waals surface area contributed by atoms with Crippen LogP contribution in [0.25, 0.3) is 0 Å². The van der Waals surface area contributed by atoms with Crippen molar-refractivity contribution in [3.05, 3.63) is 29.6 Å². The third kappa shape index (κ3) is 1.95. The van der Waals surface area contributed by atoms with Gasteiger partial charge in [-0.2, -0.15) is 0 Å². The number of benzene rings is 1. The highest BCUT2D eigenvalue weighted by molar-refractivity contribution is 5.29. The summed E-state index contributed by atoms with van der Waals surface area (Å²) in [5.41, 5.74) is 0.622. The van der Waals surface area contributed by atoms with Gasteiger partial charge in [0.15, 0.2) is 0 Å². The van der Waals surface area contributed by atoms with E-state index in [-0.39, 0.29) is 5.82 Å². The molecular formula is C9H12FNO. The first-order chi connectivity index (χ1) is 5.77. The summed E-state index contributed by atoms with van der Waals surface area (Å²) >= 11 is 0. The van der Waals surface area contributed by atoms with Gasteiger partial charge in [-0.3, -0.25) is 0 Å². The van der Waals surface area contributed by atoms with Crippen LogP contribution in [0.1, 0.15) is 5.56 Å². The number of methoxy groups -OCH3 is 1. The van der Waals surface area contributed by atoms with Crippen LogP contribution in [-0.4, -0.2) is 14.2 Å². The number of hydrogen-bond donors (Lipinski definition) is 1. The van der Waals surface area contributed by atoms with Crippen LogP contribution in [0.4, 0.5) is 4.39 Å². The second-order valence-corrected chi connectivity index (χ2v) is 2.49. The standard InChI is InChI=1S/C9H12FNO/c1-11-6-7-5-8(12-2)3-4-9(7)10/h3-5,11H,6H2,1-2H3. The summed E-state index contributed by atoms with van der Waals surface area (Å²) in [5, 5.41) is 2.88. The average Bonchev–Trinajstić information content (AvgIpc) is 2.09. The predicted octanol–water partition coefficient (Wildman–Crippen LogP) is 1.55. The molecule has 2 nitrogen and oxygen atoms in total. The molecule has 0 amide bonds. The molecule has 0 atom stereocenters. The van der Waals surface area contributed by atoms with Gasteiger partial charge < -0.3 is 10.1 Å². The number of rotatable bonds is 3. The first-order valence-electron chi connectivity index (χ1n) is 3.75. The van der Waals surface area contributed by atoms with Gasteiger partial charge in [0.25, 0.3) is 0 Å². The van der Waals surface area contributed by atoms with Crippen LogP contribution in [0.3, 0.4) is 0 Å². The molecule has 0 saturated carbocycles. The summed E-state index contributed by atoms with van der Waals surface area (Å²) in [5.74, 6) is 0.479. The first kappa shape index (κ1) is 9.00. The Labute approximate surface area is 71.4 Å². The Kier molecular flexibility index (Phi) is 3.05. The molecule has 0 unspecified atom stereocenters. The maximum atomic E-state index is 13.0. The van der Waals surface area contributed by atoms with Crippen LogP contribution in [0.2, 0.25) is 0 Å². The largest absolute Gasteiger partial charge is 0.497 e. The van der Waals surface area contributed by atoms with Crippen molar-refractivity contribution in [1.29, 1.82) is 0 Å². The molecule has 12 heavy (non-hydrogen) atoms. The zero-order chi connectivity index (χ0) is 8.97. The van der Waals surface area contributed by atoms with Crippen LogP contribution >= 0.6 is 0 Å². The summed E-state index contributed by atoms with van der Waals surface area (Å²) in [7, 11) is 3.34. The van der Waals surface area contributed by atoms with Crippen LogP contribution in [0.5, 0.6) is 5.75 Å². The molecule has 0 saturated heterocycles. The van der Waals surface area contributed by atoms with Gasteiger partial charge in [0.2, 0.25) is 0 Å². The number of nitrogens with one attached hydrogen (secondary N) is 1. The second-order valence-electron chi connectivity index (χ2n) is 2.49. The molecule has 0 aromatic heterocycles. The highest BCUT2D eigenvalue weighted by Gasteiger charge is 2.01. The molecular weight excluding hydrogens is 157 g/mol. The molecule has 1 aromatic rings. The van der Waals surface area contributed by atoms with E-state index >= 15 is 0 Å². The van der Waals surface area contributed by atoms with E-state index in [2.05, 4.69) is 5.32 Å². The molecule has 1 N–H and O–H groups in total. The van der Waals surface area contributed by atoms with E-state index in [1.165, 1.54) is 6.07 Å². The highest BCUT2D eigenvalue weighted by atomic mass is 19.1. The Bertz CT molecular complexity index is 263. The zero-order valence-corrected chi connectivity index (χ0v) is 7.23. The summed E-state index contributed by atoms with van der Waals surface area (Å²) in [4.78, 5) is 0. The zero-order valence-electron chi connectivity index (χ0n) is 7.23. The maximum Gasteiger partial charge on any atom is 0.127 e. The number of hydrogen-bond acceptors (Lipinski definition) is 2. The fourth-order valence-electron chi connectivity index (χ4n) is 1.00. The van der Waals surface area contributed by atoms with E-state index in [0.29, 0.717) is 17.9 Å². The topological polar surface area (TPSA) is 21.3 Å². The lowest BCUT2D eigenvalue weighted by Crippen LogP contribution is -2.07. The molecule has 1 rings (SSSR count). The molecule has 1 aromatic carbocycles. The Morgan fingerprint density at radius 2 is 2.25 bits per heavy atom. The highest BCUT2D eigenvalue weighted by Crippen LogP contribution is 2.15. The quantitative estimate of drug-likeness (QED) is 0.741. The maximum absolute atomic E-state index is 13.0. The third-order valence-corrected chi connectivity index (χ3v) is 1.62. The molecule has 66 valence electrons. The summed E-state index contributed by atoms with van der Waals surface area (Å²) in [6.45, 7) is 0.517. The molecule has 0 bridgehead atoms. The second kappa shape index (κ2) is 4.07. The summed E-state index contributed by atoms with van der Waals surface area (Å²) in [6, 6.07) is 4.70. The van der Waals surface area contributed by atoms with Gasteiger partial charge in [-0.25, -0.2) is 4.39 Å². The molecule has 0 heterocycles. The minimum atomic E-state index is -0.204. The Morgan fingerprint density at radius 3 is 2.83 bits per heavy atom. The van der Waals surface area contributed by atoms with Crippen molar-refractivity contribution >= 4 is 0 Å². The lowest BCUT2D eigenvalue weighted by atomic mass is 10.2. The molecule has 3 heteroatoms. The van der Waals surface area contributed by atoms with Crippen molar-refractivity contribution < 1.29 is 9.13 Å². The van der Waals surface area contributed by atoms with E-state index in [4.69, 9.17) is 4.74 Å². The van der Waals surface area contributed by atoms with E-state index in [1.807, 2.05) is 0 Å². The van der Waals surface area contributed by atoms with Crippen LogP contribution in [-0.2, 0) is 6.54 Å². The van der Waals surface area contributed by atoms with Gasteiger partial charge in [0.1, 0.15) is 11.6 Å². The lowest BCUT2D eigenvalue weighted by Gasteiger charge is -2.04. The van der Waals surface area contributed by atoms with Crippen molar-refractivity contribution in [1.82, 2.24) is 5.32 Å². The fraction of sp³-hybridized carbons (Fsp3) is 0.333. The van der Waals surface area contributed by atoms with Gasteiger partial charge in [-0.1, -0.05) is 0 Å². The molecule has 0 aliphatic rings. The molecule has 0 radical (unpaired) electrons. The Hall–Kier alpha value is -1.09. The van der Waals surface area contributed by atoms with E-state index in [9.17, 15) is 4.39 Å². The molecule has 0 fully saturated rings. The van der Waals surface area contributed by atoms with Gasteiger partial charge in [-0.05, 0) is 25.2 Å². The smallest absolute Gasteiger partial charge is 0.127 e. The summed E-state index contributed by atoms with van der Waals surface area (Å²) in [6.07, 6.45) is 0. The van der Waals surface area contributed by atoms with Crippen LogP contribution in [0, 0.1) is 5.82 Å². The van der Waals surface area contributed by atoms with E-state index in [0.717, 1.165) is 0 Å². The summed E-state index contributed by atoms with van der Waals surface area (Å²) < 4.78 is 18.0. The van der Waals surface area contributed by atoms with Gasteiger partial charge >= 0.3 is 0 Å². The first-order valence-corrected chi connectivity index (χ1v) is 3.75.